The molecule has 2 heterocycles. The van der Waals surface area contributed by atoms with Crippen LogP contribution in [0.2, 0.25) is 0 Å². The second-order valence-electron chi connectivity index (χ2n) is 5.70. The minimum atomic E-state index is -0.757. The van der Waals surface area contributed by atoms with Crippen molar-refractivity contribution >= 4 is 29.6 Å². The zero-order chi connectivity index (χ0) is 18.0. The maximum Gasteiger partial charge on any atom is 0.335 e. The lowest BCUT2D eigenvalue weighted by molar-refractivity contribution is -0.122. The first-order chi connectivity index (χ1) is 12.0. The molecule has 6 heteroatoms. The molecule has 1 fully saturated rings. The summed E-state index contributed by atoms with van der Waals surface area (Å²) in [6.45, 7) is 3.74. The van der Waals surface area contributed by atoms with Crippen molar-refractivity contribution in [3.63, 3.8) is 0 Å². The lowest BCUT2D eigenvalue weighted by Crippen LogP contribution is -2.54. The second-order valence-corrected chi connectivity index (χ2v) is 5.70. The van der Waals surface area contributed by atoms with Crippen LogP contribution < -0.4 is 10.2 Å². The first-order valence-electron chi connectivity index (χ1n) is 7.65. The van der Waals surface area contributed by atoms with Crippen LogP contribution in [-0.4, -0.2) is 17.8 Å². The van der Waals surface area contributed by atoms with Gasteiger partial charge in [0.05, 0.1) is 12.0 Å². The Balaban J connectivity index is 1.94. The van der Waals surface area contributed by atoms with E-state index in [1.54, 1.807) is 30.3 Å². The van der Waals surface area contributed by atoms with Gasteiger partial charge in [-0.25, -0.2) is 9.69 Å². The Labute approximate surface area is 144 Å². The van der Waals surface area contributed by atoms with E-state index >= 15 is 0 Å². The average Bonchev–Trinajstić information content (AvgIpc) is 3.02. The standard InChI is InChI=1S/C19H16N2O4/c1-12-9-13(2)11-14(10-12)21-18(23)16(17(22)20-19(21)24)7-3-5-15-6-4-8-25-15/h3-11H,1-2H3,(H,20,22,24)/b5-3+,16-7-. The Bertz CT molecular complexity index is 887. The molecule has 2 aromatic rings. The molecule has 4 amide bonds. The summed E-state index contributed by atoms with van der Waals surface area (Å²) in [6.07, 6.45) is 6.03. The van der Waals surface area contributed by atoms with Crippen LogP contribution in [0.1, 0.15) is 16.9 Å². The van der Waals surface area contributed by atoms with Crippen molar-refractivity contribution in [3.8, 4) is 0 Å². The third kappa shape index (κ3) is 3.42. The Morgan fingerprint density at radius 1 is 1.08 bits per heavy atom. The number of allylic oxidation sites excluding steroid dienone is 2. The van der Waals surface area contributed by atoms with Crippen molar-refractivity contribution < 1.29 is 18.8 Å². The van der Waals surface area contributed by atoms with Crippen LogP contribution in [0.3, 0.4) is 0 Å². The van der Waals surface area contributed by atoms with Crippen LogP contribution in [0.5, 0.6) is 0 Å². The van der Waals surface area contributed by atoms with Gasteiger partial charge in [0.2, 0.25) is 0 Å². The Kier molecular flexibility index (Phi) is 4.35. The predicted molar refractivity (Wildman–Crippen MR) is 92.8 cm³/mol. The molecule has 6 nitrogen and oxygen atoms in total. The van der Waals surface area contributed by atoms with Crippen molar-refractivity contribution in [1.82, 2.24) is 5.32 Å². The van der Waals surface area contributed by atoms with Crippen LogP contribution in [0.25, 0.3) is 6.08 Å². The maximum atomic E-state index is 12.7. The van der Waals surface area contributed by atoms with Gasteiger partial charge in [0.15, 0.2) is 0 Å². The number of benzene rings is 1. The summed E-state index contributed by atoms with van der Waals surface area (Å²) in [5.41, 5.74) is 2.13. The molecule has 0 bridgehead atoms. The lowest BCUT2D eigenvalue weighted by Gasteiger charge is -2.26. The van der Waals surface area contributed by atoms with E-state index in [4.69, 9.17) is 4.42 Å². The van der Waals surface area contributed by atoms with Crippen molar-refractivity contribution in [2.75, 3.05) is 4.90 Å². The lowest BCUT2D eigenvalue weighted by atomic mass is 10.1. The molecule has 0 aliphatic carbocycles. The van der Waals surface area contributed by atoms with Gasteiger partial charge in [-0.05, 0) is 61.4 Å². The molecule has 0 atom stereocenters. The van der Waals surface area contributed by atoms with Gasteiger partial charge in [-0.3, -0.25) is 14.9 Å². The van der Waals surface area contributed by atoms with Gasteiger partial charge >= 0.3 is 6.03 Å². The monoisotopic (exact) mass is 336 g/mol. The second kappa shape index (κ2) is 6.60. The summed E-state index contributed by atoms with van der Waals surface area (Å²) in [5, 5.41) is 2.19. The number of amides is 4. The summed E-state index contributed by atoms with van der Waals surface area (Å²) in [6, 6.07) is 8.08. The van der Waals surface area contributed by atoms with Crippen LogP contribution in [0.4, 0.5) is 10.5 Å². The molecule has 0 saturated carbocycles. The minimum absolute atomic E-state index is 0.124. The van der Waals surface area contributed by atoms with Crippen molar-refractivity contribution in [1.29, 1.82) is 0 Å². The van der Waals surface area contributed by atoms with E-state index in [1.807, 2.05) is 19.9 Å². The van der Waals surface area contributed by atoms with Crippen molar-refractivity contribution in [2.45, 2.75) is 13.8 Å². The first-order valence-corrected chi connectivity index (χ1v) is 7.65. The molecule has 1 aliphatic rings. The third-order valence-corrected chi connectivity index (χ3v) is 3.63. The molecule has 1 saturated heterocycles. The van der Waals surface area contributed by atoms with Crippen LogP contribution in [0.15, 0.2) is 58.7 Å². The number of nitrogens with one attached hydrogen (secondary N) is 1. The van der Waals surface area contributed by atoms with E-state index in [2.05, 4.69) is 5.32 Å². The van der Waals surface area contributed by atoms with Crippen LogP contribution in [0, 0.1) is 13.8 Å². The fourth-order valence-electron chi connectivity index (χ4n) is 2.62. The summed E-state index contributed by atoms with van der Waals surface area (Å²) in [7, 11) is 0. The molecule has 1 aliphatic heterocycles. The highest BCUT2D eigenvalue weighted by atomic mass is 16.3. The predicted octanol–water partition coefficient (Wildman–Crippen LogP) is 3.12. The van der Waals surface area contributed by atoms with Gasteiger partial charge < -0.3 is 4.42 Å². The molecule has 0 radical (unpaired) electrons. The van der Waals surface area contributed by atoms with E-state index in [0.29, 0.717) is 11.4 Å². The molecule has 126 valence electrons. The van der Waals surface area contributed by atoms with E-state index in [0.717, 1.165) is 16.0 Å². The number of nitrogens with zero attached hydrogens (tertiary/aromatic N) is 1. The number of imide groups is 2. The average molecular weight is 336 g/mol. The summed E-state index contributed by atoms with van der Waals surface area (Å²) >= 11 is 0. The maximum absolute atomic E-state index is 12.7. The van der Waals surface area contributed by atoms with E-state index < -0.39 is 17.8 Å². The van der Waals surface area contributed by atoms with Gasteiger partial charge in [0, 0.05) is 0 Å². The number of rotatable bonds is 3. The molecule has 1 N–H and O–H groups in total. The summed E-state index contributed by atoms with van der Waals surface area (Å²) < 4.78 is 5.14. The Morgan fingerprint density at radius 2 is 1.80 bits per heavy atom. The summed E-state index contributed by atoms with van der Waals surface area (Å²) in [4.78, 5) is 37.8. The molecule has 1 aromatic heterocycles. The molecular weight excluding hydrogens is 320 g/mol. The largest absolute Gasteiger partial charge is 0.465 e. The van der Waals surface area contributed by atoms with Gasteiger partial charge in [0.1, 0.15) is 11.3 Å². The molecule has 0 spiro atoms. The zero-order valence-corrected chi connectivity index (χ0v) is 13.8. The third-order valence-electron chi connectivity index (χ3n) is 3.63. The number of anilines is 1. The molecule has 0 unspecified atom stereocenters. The highest BCUT2D eigenvalue weighted by Crippen LogP contribution is 2.23. The Hall–Kier alpha value is -3.41. The fourth-order valence-corrected chi connectivity index (χ4v) is 2.62. The highest BCUT2D eigenvalue weighted by Gasteiger charge is 2.36. The minimum Gasteiger partial charge on any atom is -0.465 e. The van der Waals surface area contributed by atoms with Crippen LogP contribution >= 0.6 is 0 Å². The van der Waals surface area contributed by atoms with Crippen molar-refractivity contribution in [3.05, 3.63) is 71.2 Å². The number of hydrogen-bond acceptors (Lipinski definition) is 4. The van der Waals surface area contributed by atoms with Gasteiger partial charge in [-0.2, -0.15) is 0 Å². The summed E-state index contributed by atoms with van der Waals surface area (Å²) in [5.74, 6) is -0.801. The number of carbonyl (C=O) groups excluding carboxylic acids is 3. The zero-order valence-electron chi connectivity index (χ0n) is 13.8. The highest BCUT2D eigenvalue weighted by molar-refractivity contribution is 6.37. The molecule has 3 rings (SSSR count). The number of barbiturate groups is 1. The number of urea groups is 1. The smallest absolute Gasteiger partial charge is 0.335 e. The fraction of sp³-hybridized carbons (Fsp3) is 0.105. The number of furan rings is 1. The molecule has 25 heavy (non-hydrogen) atoms. The van der Waals surface area contributed by atoms with Gasteiger partial charge in [-0.15, -0.1) is 0 Å². The van der Waals surface area contributed by atoms with E-state index in [-0.39, 0.29) is 5.57 Å². The van der Waals surface area contributed by atoms with Crippen molar-refractivity contribution in [2.24, 2.45) is 0 Å². The number of hydrogen-bond donors (Lipinski definition) is 1. The number of aryl methyl sites for hydroxylation is 2. The number of carbonyl (C=O) groups is 3. The van der Waals surface area contributed by atoms with E-state index in [9.17, 15) is 14.4 Å². The SMILES string of the molecule is Cc1cc(C)cc(N2C(=O)NC(=O)/C(=C/C=C/c3ccco3)C2=O)c1. The van der Waals surface area contributed by atoms with Crippen LogP contribution in [-0.2, 0) is 9.59 Å². The quantitative estimate of drug-likeness (QED) is 0.690. The Morgan fingerprint density at radius 3 is 2.44 bits per heavy atom. The molecule has 1 aromatic carbocycles. The van der Waals surface area contributed by atoms with E-state index in [1.165, 1.54) is 18.4 Å². The van der Waals surface area contributed by atoms with Gasteiger partial charge in [0.25, 0.3) is 11.8 Å². The van der Waals surface area contributed by atoms with Gasteiger partial charge in [-0.1, -0.05) is 12.1 Å². The normalized spacial score (nSPS) is 16.8. The molecular formula is C19H16N2O4. The first kappa shape index (κ1) is 16.4. The topological polar surface area (TPSA) is 79.6 Å².